The molecular weight excluding hydrogens is 262 g/mol. The standard InChI is InChI=1S/C14H19NO3S/c1-10(16)11-3-6-15-12(7-11)19-9-14(4-5-14)8-13(17)18-2/h3,6-7,10,16H,4-5,8-9H2,1-2H3/t10-/m1/s1. The van der Waals surface area contributed by atoms with Crippen molar-refractivity contribution < 1.29 is 14.6 Å². The number of thioether (sulfide) groups is 1. The van der Waals surface area contributed by atoms with Crippen molar-refractivity contribution >= 4 is 17.7 Å². The molecule has 4 nitrogen and oxygen atoms in total. The van der Waals surface area contributed by atoms with Gasteiger partial charge < -0.3 is 9.84 Å². The molecule has 5 heteroatoms. The Morgan fingerprint density at radius 1 is 1.63 bits per heavy atom. The fourth-order valence-corrected chi connectivity index (χ4v) is 3.12. The van der Waals surface area contributed by atoms with Crippen LogP contribution in [-0.4, -0.2) is 28.9 Å². The molecule has 1 aromatic heterocycles. The van der Waals surface area contributed by atoms with E-state index >= 15 is 0 Å². The van der Waals surface area contributed by atoms with Crippen LogP contribution in [-0.2, 0) is 9.53 Å². The summed E-state index contributed by atoms with van der Waals surface area (Å²) in [7, 11) is 1.43. The fourth-order valence-electron chi connectivity index (χ4n) is 1.92. The average molecular weight is 281 g/mol. The predicted octanol–water partition coefficient (Wildman–Crippen LogP) is 2.57. The molecule has 0 saturated heterocycles. The van der Waals surface area contributed by atoms with Crippen LogP contribution in [0.4, 0.5) is 0 Å². The Balaban J connectivity index is 1.92. The quantitative estimate of drug-likeness (QED) is 0.641. The summed E-state index contributed by atoms with van der Waals surface area (Å²) in [6.45, 7) is 1.74. The van der Waals surface area contributed by atoms with Crippen LogP contribution in [0.5, 0.6) is 0 Å². The lowest BCUT2D eigenvalue weighted by atomic mass is 10.1. The number of aromatic nitrogens is 1. The van der Waals surface area contributed by atoms with Crippen molar-refractivity contribution in [1.29, 1.82) is 0 Å². The van der Waals surface area contributed by atoms with E-state index in [9.17, 15) is 9.90 Å². The van der Waals surface area contributed by atoms with Crippen molar-refractivity contribution in [3.8, 4) is 0 Å². The summed E-state index contributed by atoms with van der Waals surface area (Å²) in [6.07, 6.45) is 3.88. The van der Waals surface area contributed by atoms with E-state index in [0.717, 1.165) is 29.2 Å². The third kappa shape index (κ3) is 3.94. The first-order valence-corrected chi connectivity index (χ1v) is 7.37. The molecule has 104 valence electrons. The van der Waals surface area contributed by atoms with E-state index in [1.54, 1.807) is 24.9 Å². The maximum absolute atomic E-state index is 11.3. The maximum atomic E-state index is 11.3. The van der Waals surface area contributed by atoms with Gasteiger partial charge in [-0.05, 0) is 42.9 Å². The number of aliphatic hydroxyl groups is 1. The molecule has 1 N–H and O–H groups in total. The van der Waals surface area contributed by atoms with E-state index in [1.807, 2.05) is 12.1 Å². The minimum absolute atomic E-state index is 0.0975. The number of rotatable bonds is 6. The summed E-state index contributed by atoms with van der Waals surface area (Å²) >= 11 is 1.64. The molecule has 1 atom stereocenters. The van der Waals surface area contributed by atoms with E-state index in [1.165, 1.54) is 7.11 Å². The van der Waals surface area contributed by atoms with Gasteiger partial charge in [0.15, 0.2) is 0 Å². The summed E-state index contributed by atoms with van der Waals surface area (Å²) in [5, 5.41) is 10.4. The lowest BCUT2D eigenvalue weighted by Crippen LogP contribution is -2.13. The van der Waals surface area contributed by atoms with E-state index < -0.39 is 6.10 Å². The molecule has 1 saturated carbocycles. The second-order valence-electron chi connectivity index (χ2n) is 5.14. The number of esters is 1. The van der Waals surface area contributed by atoms with Gasteiger partial charge in [-0.25, -0.2) is 4.98 Å². The maximum Gasteiger partial charge on any atom is 0.306 e. The number of ether oxygens (including phenoxy) is 1. The molecule has 19 heavy (non-hydrogen) atoms. The molecule has 2 rings (SSSR count). The number of hydrogen-bond acceptors (Lipinski definition) is 5. The van der Waals surface area contributed by atoms with Crippen molar-refractivity contribution in [3.63, 3.8) is 0 Å². The van der Waals surface area contributed by atoms with E-state index in [2.05, 4.69) is 4.98 Å². The molecule has 0 spiro atoms. The first-order valence-electron chi connectivity index (χ1n) is 6.38. The van der Waals surface area contributed by atoms with Crippen LogP contribution in [0.1, 0.15) is 37.9 Å². The lowest BCUT2D eigenvalue weighted by Gasteiger charge is -2.13. The van der Waals surface area contributed by atoms with Crippen LogP contribution in [0.15, 0.2) is 23.4 Å². The summed E-state index contributed by atoms with van der Waals surface area (Å²) in [5.74, 6) is 0.738. The molecule has 1 aromatic rings. The van der Waals surface area contributed by atoms with Gasteiger partial charge in [-0.1, -0.05) is 0 Å². The smallest absolute Gasteiger partial charge is 0.306 e. The van der Waals surface area contributed by atoms with Gasteiger partial charge in [0.2, 0.25) is 0 Å². The Labute approximate surface area is 117 Å². The molecule has 0 radical (unpaired) electrons. The predicted molar refractivity (Wildman–Crippen MR) is 73.9 cm³/mol. The fraction of sp³-hybridized carbons (Fsp3) is 0.571. The van der Waals surface area contributed by atoms with Crippen molar-refractivity contribution in [2.75, 3.05) is 12.9 Å². The van der Waals surface area contributed by atoms with E-state index in [4.69, 9.17) is 4.74 Å². The molecule has 0 bridgehead atoms. The number of pyridine rings is 1. The molecule has 0 aliphatic heterocycles. The highest BCUT2D eigenvalue weighted by Crippen LogP contribution is 2.52. The normalized spacial score (nSPS) is 17.8. The number of methoxy groups -OCH3 is 1. The second kappa shape index (κ2) is 5.92. The van der Waals surface area contributed by atoms with Gasteiger partial charge in [-0.2, -0.15) is 0 Å². The molecular formula is C14H19NO3S. The van der Waals surface area contributed by atoms with Crippen LogP contribution in [0.3, 0.4) is 0 Å². The molecule has 0 aromatic carbocycles. The number of carbonyl (C=O) groups is 1. The molecule has 1 aliphatic rings. The third-order valence-electron chi connectivity index (χ3n) is 3.47. The molecule has 1 fully saturated rings. The highest BCUT2D eigenvalue weighted by Gasteiger charge is 2.44. The number of aliphatic hydroxyl groups excluding tert-OH is 1. The summed E-state index contributed by atoms with van der Waals surface area (Å²) in [6, 6.07) is 3.72. The van der Waals surface area contributed by atoms with Gasteiger partial charge in [0.1, 0.15) is 0 Å². The van der Waals surface area contributed by atoms with Gasteiger partial charge in [-0.15, -0.1) is 11.8 Å². The zero-order valence-corrected chi connectivity index (χ0v) is 12.1. The first-order chi connectivity index (χ1) is 9.04. The van der Waals surface area contributed by atoms with Gasteiger partial charge in [0, 0.05) is 11.9 Å². The second-order valence-corrected chi connectivity index (χ2v) is 6.14. The first kappa shape index (κ1) is 14.3. The van der Waals surface area contributed by atoms with Gasteiger partial charge in [0.25, 0.3) is 0 Å². The van der Waals surface area contributed by atoms with Crippen LogP contribution in [0, 0.1) is 5.41 Å². The Morgan fingerprint density at radius 3 is 2.95 bits per heavy atom. The zero-order valence-electron chi connectivity index (χ0n) is 11.3. The summed E-state index contributed by atoms with van der Waals surface area (Å²) < 4.78 is 4.73. The number of hydrogen-bond donors (Lipinski definition) is 1. The minimum atomic E-state index is -0.479. The topological polar surface area (TPSA) is 59.4 Å². The Kier molecular flexibility index (Phi) is 4.47. The van der Waals surface area contributed by atoms with Gasteiger partial charge in [0.05, 0.1) is 24.7 Å². The van der Waals surface area contributed by atoms with E-state index in [-0.39, 0.29) is 11.4 Å². The zero-order chi connectivity index (χ0) is 13.9. The highest BCUT2D eigenvalue weighted by atomic mass is 32.2. The Bertz CT molecular complexity index is 458. The monoisotopic (exact) mass is 281 g/mol. The SMILES string of the molecule is COC(=O)CC1(CSc2cc([C@@H](C)O)ccn2)CC1. The van der Waals surface area contributed by atoms with Crippen LogP contribution in [0.2, 0.25) is 0 Å². The van der Waals surface area contributed by atoms with Crippen molar-refractivity contribution in [1.82, 2.24) is 4.98 Å². The van der Waals surface area contributed by atoms with Crippen molar-refractivity contribution in [2.45, 2.75) is 37.3 Å². The minimum Gasteiger partial charge on any atom is -0.469 e. The van der Waals surface area contributed by atoms with Crippen LogP contribution >= 0.6 is 11.8 Å². The molecule has 1 aliphatic carbocycles. The van der Waals surface area contributed by atoms with Crippen molar-refractivity contribution in [3.05, 3.63) is 23.9 Å². The number of nitrogens with zero attached hydrogens (tertiary/aromatic N) is 1. The van der Waals surface area contributed by atoms with Crippen LogP contribution in [0.25, 0.3) is 0 Å². The molecule has 0 amide bonds. The lowest BCUT2D eigenvalue weighted by molar-refractivity contribution is -0.141. The summed E-state index contributed by atoms with van der Waals surface area (Å²) in [5.41, 5.74) is 0.968. The largest absolute Gasteiger partial charge is 0.469 e. The Hall–Kier alpha value is -1.07. The van der Waals surface area contributed by atoms with E-state index in [0.29, 0.717) is 6.42 Å². The molecule has 0 unspecified atom stereocenters. The average Bonchev–Trinajstić information content (AvgIpc) is 3.17. The van der Waals surface area contributed by atoms with Gasteiger partial charge >= 0.3 is 5.97 Å². The highest BCUT2D eigenvalue weighted by molar-refractivity contribution is 7.99. The number of carbonyl (C=O) groups excluding carboxylic acids is 1. The van der Waals surface area contributed by atoms with Gasteiger partial charge in [-0.3, -0.25) is 4.79 Å². The third-order valence-corrected chi connectivity index (χ3v) is 4.75. The summed E-state index contributed by atoms with van der Waals surface area (Å²) in [4.78, 5) is 15.6. The van der Waals surface area contributed by atoms with Crippen LogP contribution < -0.4 is 0 Å². The molecule has 1 heterocycles. The Morgan fingerprint density at radius 2 is 2.37 bits per heavy atom. The van der Waals surface area contributed by atoms with Crippen molar-refractivity contribution in [2.24, 2.45) is 5.41 Å².